The Bertz CT molecular complexity index is 845. The quantitative estimate of drug-likeness (QED) is 0.685. The summed E-state index contributed by atoms with van der Waals surface area (Å²) in [4.78, 5) is 20.7. The molecule has 0 radical (unpaired) electrons. The van der Waals surface area contributed by atoms with Crippen molar-refractivity contribution in [3.63, 3.8) is 0 Å². The topological polar surface area (TPSA) is 72.3 Å². The van der Waals surface area contributed by atoms with Crippen LogP contribution in [-0.4, -0.2) is 28.2 Å². The van der Waals surface area contributed by atoms with E-state index in [4.69, 9.17) is 14.8 Å². The smallest absolute Gasteiger partial charge is 0.303 e. The third-order valence-electron chi connectivity index (χ3n) is 3.74. The van der Waals surface area contributed by atoms with E-state index in [2.05, 4.69) is 4.98 Å². The lowest BCUT2D eigenvalue weighted by molar-refractivity contribution is -0.137. The summed E-state index contributed by atoms with van der Waals surface area (Å²) in [7, 11) is 1.64. The largest absolute Gasteiger partial charge is 0.497 e. The minimum absolute atomic E-state index is 0.152. The molecular formula is C19H18N2O3S. The van der Waals surface area contributed by atoms with Gasteiger partial charge in [-0.15, -0.1) is 11.3 Å². The Hall–Kier alpha value is -2.73. The van der Waals surface area contributed by atoms with Gasteiger partial charge in [-0.1, -0.05) is 6.07 Å². The molecule has 1 N–H and O–H groups in total. The number of methoxy groups -OCH3 is 1. The Kier molecular flexibility index (Phi) is 5.40. The number of pyridine rings is 1. The van der Waals surface area contributed by atoms with Gasteiger partial charge in [0.2, 0.25) is 0 Å². The maximum Gasteiger partial charge on any atom is 0.303 e. The average molecular weight is 354 g/mol. The summed E-state index contributed by atoms with van der Waals surface area (Å²) in [6.07, 6.45) is 4.95. The van der Waals surface area contributed by atoms with Crippen molar-refractivity contribution in [2.24, 2.45) is 0 Å². The summed E-state index contributed by atoms with van der Waals surface area (Å²) in [6, 6.07) is 11.7. The third kappa shape index (κ3) is 4.22. The Morgan fingerprint density at radius 3 is 2.64 bits per heavy atom. The van der Waals surface area contributed by atoms with Crippen LogP contribution in [-0.2, 0) is 11.2 Å². The fourth-order valence-electron chi connectivity index (χ4n) is 2.50. The second kappa shape index (κ2) is 7.90. The monoisotopic (exact) mass is 354 g/mol. The molecule has 2 heterocycles. The van der Waals surface area contributed by atoms with Crippen molar-refractivity contribution < 1.29 is 14.6 Å². The molecule has 0 fully saturated rings. The molecule has 25 heavy (non-hydrogen) atoms. The van der Waals surface area contributed by atoms with Crippen molar-refractivity contribution in [1.82, 2.24) is 9.97 Å². The highest BCUT2D eigenvalue weighted by atomic mass is 32.1. The van der Waals surface area contributed by atoms with Crippen molar-refractivity contribution in [1.29, 1.82) is 0 Å². The van der Waals surface area contributed by atoms with E-state index in [0.29, 0.717) is 12.8 Å². The van der Waals surface area contributed by atoms with Crippen LogP contribution in [0.1, 0.15) is 17.8 Å². The average Bonchev–Trinajstić information content (AvgIpc) is 3.06. The lowest BCUT2D eigenvalue weighted by Gasteiger charge is -2.04. The second-order valence-corrected chi connectivity index (χ2v) is 6.59. The fourth-order valence-corrected chi connectivity index (χ4v) is 3.62. The summed E-state index contributed by atoms with van der Waals surface area (Å²) < 4.78 is 5.22. The van der Waals surface area contributed by atoms with Gasteiger partial charge in [-0.3, -0.25) is 9.78 Å². The molecule has 128 valence electrons. The summed E-state index contributed by atoms with van der Waals surface area (Å²) in [6.45, 7) is 0. The van der Waals surface area contributed by atoms with Crippen LogP contribution in [0.4, 0.5) is 0 Å². The van der Waals surface area contributed by atoms with Crippen LogP contribution < -0.4 is 4.74 Å². The van der Waals surface area contributed by atoms with E-state index in [1.165, 1.54) is 0 Å². The molecule has 0 amide bonds. The third-order valence-corrected chi connectivity index (χ3v) is 4.90. The number of aromatic nitrogens is 2. The molecule has 0 unspecified atom stereocenters. The minimum atomic E-state index is -0.778. The number of ether oxygens (including phenoxy) is 1. The predicted molar refractivity (Wildman–Crippen MR) is 97.9 cm³/mol. The number of carboxylic acids is 1. The van der Waals surface area contributed by atoms with Crippen LogP contribution in [0.15, 0.2) is 48.8 Å². The number of aliphatic carboxylic acids is 1. The van der Waals surface area contributed by atoms with Crippen molar-refractivity contribution in [2.75, 3.05) is 7.11 Å². The molecule has 3 rings (SSSR count). The van der Waals surface area contributed by atoms with Crippen molar-refractivity contribution in [3.8, 4) is 27.4 Å². The second-order valence-electron chi connectivity index (χ2n) is 5.50. The number of hydrogen-bond donors (Lipinski definition) is 1. The molecule has 0 aliphatic heterocycles. The molecule has 3 aromatic rings. The van der Waals surface area contributed by atoms with Crippen molar-refractivity contribution in [3.05, 3.63) is 53.8 Å². The molecule has 5 nitrogen and oxygen atoms in total. The summed E-state index contributed by atoms with van der Waals surface area (Å²) >= 11 is 1.59. The Balaban J connectivity index is 1.96. The van der Waals surface area contributed by atoms with Gasteiger partial charge in [0.15, 0.2) is 0 Å². The number of thiazole rings is 1. The van der Waals surface area contributed by atoms with Crippen molar-refractivity contribution >= 4 is 17.3 Å². The first kappa shape index (κ1) is 17.1. The maximum atomic E-state index is 10.7. The number of rotatable bonds is 7. The number of aryl methyl sites for hydroxylation is 1. The van der Waals surface area contributed by atoms with Crippen LogP contribution in [0.5, 0.6) is 5.75 Å². The summed E-state index contributed by atoms with van der Waals surface area (Å²) in [5.41, 5.74) is 2.90. The summed E-state index contributed by atoms with van der Waals surface area (Å²) in [5, 5.41) is 9.76. The molecule has 2 aromatic heterocycles. The molecule has 0 aliphatic rings. The van der Waals surface area contributed by atoms with E-state index in [-0.39, 0.29) is 6.42 Å². The highest BCUT2D eigenvalue weighted by Crippen LogP contribution is 2.37. The molecule has 0 saturated heterocycles. The SMILES string of the molecule is COc1ccc(-c2nc(CCCC(=O)O)sc2-c2cccnc2)cc1. The highest BCUT2D eigenvalue weighted by molar-refractivity contribution is 7.15. The van der Waals surface area contributed by atoms with Gasteiger partial charge in [-0.2, -0.15) is 0 Å². The standard InChI is InChI=1S/C19H18N2O3S/c1-24-15-9-7-13(8-10-15)18-19(14-4-3-11-20-12-14)25-16(21-18)5-2-6-17(22)23/h3-4,7-12H,2,5-6H2,1H3,(H,22,23). The van der Waals surface area contributed by atoms with Crippen LogP contribution in [0.25, 0.3) is 21.7 Å². The zero-order valence-corrected chi connectivity index (χ0v) is 14.6. The number of benzene rings is 1. The molecule has 0 spiro atoms. The van der Waals surface area contributed by atoms with E-state index >= 15 is 0 Å². The molecule has 6 heteroatoms. The van der Waals surface area contributed by atoms with Gasteiger partial charge in [0.1, 0.15) is 5.75 Å². The number of carboxylic acid groups (broad SMARTS) is 1. The first-order valence-electron chi connectivity index (χ1n) is 7.93. The Morgan fingerprint density at radius 2 is 2.00 bits per heavy atom. The predicted octanol–water partition coefficient (Wildman–Crippen LogP) is 4.29. The van der Waals surface area contributed by atoms with E-state index in [0.717, 1.165) is 32.5 Å². The molecule has 1 aromatic carbocycles. The first-order valence-corrected chi connectivity index (χ1v) is 8.75. The zero-order chi connectivity index (χ0) is 17.6. The fraction of sp³-hybridized carbons (Fsp3) is 0.211. The minimum Gasteiger partial charge on any atom is -0.497 e. The number of hydrogen-bond acceptors (Lipinski definition) is 5. The van der Waals surface area contributed by atoms with E-state index in [1.54, 1.807) is 24.6 Å². The van der Waals surface area contributed by atoms with E-state index in [1.807, 2.05) is 42.6 Å². The Morgan fingerprint density at radius 1 is 1.20 bits per heavy atom. The van der Waals surface area contributed by atoms with Crippen LogP contribution in [0.2, 0.25) is 0 Å². The van der Waals surface area contributed by atoms with E-state index < -0.39 is 5.97 Å². The van der Waals surface area contributed by atoms with Crippen LogP contribution in [0, 0.1) is 0 Å². The Labute approximate surface area is 150 Å². The van der Waals surface area contributed by atoms with E-state index in [9.17, 15) is 4.79 Å². The molecule has 0 saturated carbocycles. The maximum absolute atomic E-state index is 10.7. The van der Waals surface area contributed by atoms with Crippen LogP contribution >= 0.6 is 11.3 Å². The lowest BCUT2D eigenvalue weighted by Crippen LogP contribution is -1.95. The van der Waals surface area contributed by atoms with Gasteiger partial charge in [0.25, 0.3) is 0 Å². The van der Waals surface area contributed by atoms with Gasteiger partial charge in [0, 0.05) is 29.9 Å². The molecular weight excluding hydrogens is 336 g/mol. The van der Waals surface area contributed by atoms with Crippen molar-refractivity contribution in [2.45, 2.75) is 19.3 Å². The molecule has 0 atom stereocenters. The van der Waals surface area contributed by atoms with Gasteiger partial charge in [0.05, 0.1) is 22.7 Å². The molecule has 0 bridgehead atoms. The first-order chi connectivity index (χ1) is 12.2. The number of nitrogens with zero attached hydrogens (tertiary/aromatic N) is 2. The van der Waals surface area contributed by atoms with Gasteiger partial charge in [-0.25, -0.2) is 4.98 Å². The number of carbonyl (C=O) groups is 1. The zero-order valence-electron chi connectivity index (χ0n) is 13.8. The summed E-state index contributed by atoms with van der Waals surface area (Å²) in [5.74, 6) is 0.0167. The van der Waals surface area contributed by atoms with Crippen LogP contribution in [0.3, 0.4) is 0 Å². The highest BCUT2D eigenvalue weighted by Gasteiger charge is 2.15. The van der Waals surface area contributed by atoms with Gasteiger partial charge < -0.3 is 9.84 Å². The van der Waals surface area contributed by atoms with Gasteiger partial charge >= 0.3 is 5.97 Å². The lowest BCUT2D eigenvalue weighted by atomic mass is 10.1. The van der Waals surface area contributed by atoms with Gasteiger partial charge in [-0.05, 0) is 43.2 Å². The molecule has 0 aliphatic carbocycles. The normalized spacial score (nSPS) is 10.6.